The van der Waals surface area contributed by atoms with E-state index in [0.29, 0.717) is 0 Å². The van der Waals surface area contributed by atoms with Crippen molar-refractivity contribution in [1.29, 1.82) is 0 Å². The molecule has 0 spiro atoms. The van der Waals surface area contributed by atoms with Crippen LogP contribution in [0.3, 0.4) is 0 Å². The van der Waals surface area contributed by atoms with E-state index in [4.69, 9.17) is 0 Å². The lowest BCUT2D eigenvalue weighted by Gasteiger charge is -2.07. The van der Waals surface area contributed by atoms with Crippen LogP contribution in [0.5, 0.6) is 0 Å². The highest BCUT2D eigenvalue weighted by atomic mass is 32.1. The van der Waals surface area contributed by atoms with E-state index in [-0.39, 0.29) is 14.8 Å². The molecule has 0 radical (unpaired) electrons. The first-order valence-corrected chi connectivity index (χ1v) is 5.03. The van der Waals surface area contributed by atoms with E-state index in [1.807, 2.05) is 0 Å². The number of thiophene rings is 1. The van der Waals surface area contributed by atoms with Crippen LogP contribution in [-0.2, 0) is 6.54 Å². The zero-order chi connectivity index (χ0) is 11.9. The molecule has 0 saturated heterocycles. The summed E-state index contributed by atoms with van der Waals surface area (Å²) in [6.45, 7) is -1.58. The van der Waals surface area contributed by atoms with Gasteiger partial charge in [-0.1, -0.05) is 0 Å². The summed E-state index contributed by atoms with van der Waals surface area (Å²) in [5.41, 5.74) is -1.96. The molecule has 0 aliphatic heterocycles. The molecule has 2 aromatic heterocycles. The number of hydrogen-bond acceptors (Lipinski definition) is 3. The highest BCUT2D eigenvalue weighted by Crippen LogP contribution is 2.17. The SMILES string of the molecule is O=c1[nH]c2sccc2c(=O)n1CC(F)(F)F. The van der Waals surface area contributed by atoms with Crippen LogP contribution in [0.2, 0.25) is 0 Å². The molecule has 4 nitrogen and oxygen atoms in total. The maximum atomic E-state index is 12.1. The molecule has 86 valence electrons. The smallest absolute Gasteiger partial charge is 0.298 e. The van der Waals surface area contributed by atoms with Gasteiger partial charge in [0.05, 0.1) is 5.39 Å². The number of aromatic amines is 1. The third kappa shape index (κ3) is 1.87. The van der Waals surface area contributed by atoms with E-state index in [9.17, 15) is 22.8 Å². The molecule has 0 saturated carbocycles. The van der Waals surface area contributed by atoms with Gasteiger partial charge in [-0.25, -0.2) is 4.79 Å². The zero-order valence-electron chi connectivity index (χ0n) is 7.67. The van der Waals surface area contributed by atoms with Gasteiger partial charge in [-0.15, -0.1) is 11.3 Å². The summed E-state index contributed by atoms with van der Waals surface area (Å²) in [5.74, 6) is 0. The minimum atomic E-state index is -4.60. The molecule has 0 aliphatic rings. The quantitative estimate of drug-likeness (QED) is 0.829. The van der Waals surface area contributed by atoms with Crippen LogP contribution in [0.1, 0.15) is 0 Å². The fourth-order valence-corrected chi connectivity index (χ4v) is 2.07. The molecule has 0 atom stereocenters. The maximum absolute atomic E-state index is 12.1. The molecule has 8 heteroatoms. The number of nitrogens with one attached hydrogen (secondary N) is 1. The monoisotopic (exact) mass is 250 g/mol. The Morgan fingerprint density at radius 2 is 2.06 bits per heavy atom. The van der Waals surface area contributed by atoms with Gasteiger partial charge >= 0.3 is 11.9 Å². The van der Waals surface area contributed by atoms with Gasteiger partial charge in [0, 0.05) is 0 Å². The second-order valence-electron chi connectivity index (χ2n) is 3.10. The fraction of sp³-hybridized carbons (Fsp3) is 0.250. The third-order valence-electron chi connectivity index (χ3n) is 1.94. The lowest BCUT2D eigenvalue weighted by molar-refractivity contribution is -0.141. The van der Waals surface area contributed by atoms with E-state index in [2.05, 4.69) is 4.98 Å². The van der Waals surface area contributed by atoms with E-state index in [1.165, 1.54) is 11.4 Å². The van der Waals surface area contributed by atoms with E-state index in [1.54, 1.807) is 0 Å². The van der Waals surface area contributed by atoms with Crippen LogP contribution in [0.25, 0.3) is 10.2 Å². The Hall–Kier alpha value is -1.57. The minimum absolute atomic E-state index is 0.0915. The van der Waals surface area contributed by atoms with Gasteiger partial charge in [0.1, 0.15) is 11.4 Å². The summed E-state index contributed by atoms with van der Waals surface area (Å²) in [4.78, 5) is 25.3. The number of halogens is 3. The summed E-state index contributed by atoms with van der Waals surface area (Å²) in [6, 6.07) is 1.38. The second-order valence-corrected chi connectivity index (χ2v) is 4.02. The number of aromatic nitrogens is 2. The van der Waals surface area contributed by atoms with Crippen molar-refractivity contribution in [3.63, 3.8) is 0 Å². The van der Waals surface area contributed by atoms with E-state index < -0.39 is 24.0 Å². The largest absolute Gasteiger partial charge is 0.406 e. The molecule has 0 aromatic carbocycles. The van der Waals surface area contributed by atoms with E-state index in [0.717, 1.165) is 11.3 Å². The van der Waals surface area contributed by atoms with Crippen LogP contribution >= 0.6 is 11.3 Å². The molecule has 0 bridgehead atoms. The second kappa shape index (κ2) is 3.48. The molecule has 0 fully saturated rings. The van der Waals surface area contributed by atoms with Gasteiger partial charge in [0.25, 0.3) is 5.56 Å². The normalized spacial score (nSPS) is 12.2. The number of hydrogen-bond donors (Lipinski definition) is 1. The van der Waals surface area contributed by atoms with Crippen molar-refractivity contribution >= 4 is 21.6 Å². The number of rotatable bonds is 1. The Bertz CT molecular complexity index is 637. The predicted molar refractivity (Wildman–Crippen MR) is 52.8 cm³/mol. The van der Waals surface area contributed by atoms with Crippen molar-refractivity contribution in [3.05, 3.63) is 32.3 Å². The first kappa shape index (κ1) is 10.9. The maximum Gasteiger partial charge on any atom is 0.406 e. The Kier molecular flexibility index (Phi) is 2.38. The predicted octanol–water partition coefficient (Wildman–Crippen LogP) is 1.31. The summed E-state index contributed by atoms with van der Waals surface area (Å²) < 4.78 is 36.5. The lowest BCUT2D eigenvalue weighted by Crippen LogP contribution is -2.39. The Morgan fingerprint density at radius 3 is 2.69 bits per heavy atom. The van der Waals surface area contributed by atoms with Crippen LogP contribution < -0.4 is 11.2 Å². The van der Waals surface area contributed by atoms with Crippen molar-refractivity contribution in [3.8, 4) is 0 Å². The molecule has 16 heavy (non-hydrogen) atoms. The molecule has 2 rings (SSSR count). The molecule has 2 heterocycles. The fourth-order valence-electron chi connectivity index (χ4n) is 1.30. The minimum Gasteiger partial charge on any atom is -0.298 e. The van der Waals surface area contributed by atoms with Crippen LogP contribution in [0, 0.1) is 0 Å². The van der Waals surface area contributed by atoms with Gasteiger partial charge in [0.2, 0.25) is 0 Å². The Balaban J connectivity index is 2.70. The highest BCUT2D eigenvalue weighted by Gasteiger charge is 2.30. The molecule has 1 N–H and O–H groups in total. The van der Waals surface area contributed by atoms with E-state index >= 15 is 0 Å². The zero-order valence-corrected chi connectivity index (χ0v) is 8.48. The molecule has 0 aliphatic carbocycles. The van der Waals surface area contributed by atoms with Crippen LogP contribution in [0.15, 0.2) is 21.0 Å². The average Bonchev–Trinajstić information content (AvgIpc) is 2.58. The van der Waals surface area contributed by atoms with Crippen LogP contribution in [-0.4, -0.2) is 15.7 Å². The average molecular weight is 250 g/mol. The van der Waals surface area contributed by atoms with Gasteiger partial charge in [0.15, 0.2) is 0 Å². The summed E-state index contributed by atoms with van der Waals surface area (Å²) >= 11 is 1.09. The Morgan fingerprint density at radius 1 is 1.38 bits per heavy atom. The number of fused-ring (bicyclic) bond motifs is 1. The van der Waals surface area contributed by atoms with Crippen molar-refractivity contribution in [1.82, 2.24) is 9.55 Å². The van der Waals surface area contributed by atoms with Gasteiger partial charge < -0.3 is 0 Å². The summed E-state index contributed by atoms with van der Waals surface area (Å²) in [7, 11) is 0. The number of H-pyrrole nitrogens is 1. The van der Waals surface area contributed by atoms with Crippen molar-refractivity contribution in [2.75, 3.05) is 0 Å². The molecule has 0 amide bonds. The van der Waals surface area contributed by atoms with Gasteiger partial charge in [-0.3, -0.25) is 14.3 Å². The standard InChI is InChI=1S/C8H5F3N2O2S/c9-8(10,11)3-13-6(14)4-1-2-16-5(4)12-7(13)15/h1-2H,3H2,(H,12,15). The van der Waals surface area contributed by atoms with Crippen molar-refractivity contribution in [2.24, 2.45) is 0 Å². The number of alkyl halides is 3. The number of nitrogens with zero attached hydrogens (tertiary/aromatic N) is 1. The summed E-state index contributed by atoms with van der Waals surface area (Å²) in [5, 5.41) is 1.62. The molecule has 0 unspecified atom stereocenters. The molecular formula is C8H5F3N2O2S. The first-order chi connectivity index (χ1) is 7.38. The van der Waals surface area contributed by atoms with Crippen molar-refractivity contribution in [2.45, 2.75) is 12.7 Å². The lowest BCUT2D eigenvalue weighted by atomic mass is 10.4. The van der Waals surface area contributed by atoms with Crippen LogP contribution in [0.4, 0.5) is 13.2 Å². The molecule has 2 aromatic rings. The summed E-state index contributed by atoms with van der Waals surface area (Å²) in [6.07, 6.45) is -4.60. The van der Waals surface area contributed by atoms with Crippen molar-refractivity contribution < 1.29 is 13.2 Å². The van der Waals surface area contributed by atoms with Gasteiger partial charge in [-0.2, -0.15) is 13.2 Å². The first-order valence-electron chi connectivity index (χ1n) is 4.15. The third-order valence-corrected chi connectivity index (χ3v) is 2.77. The topological polar surface area (TPSA) is 54.9 Å². The highest BCUT2D eigenvalue weighted by molar-refractivity contribution is 7.16. The molecular weight excluding hydrogens is 245 g/mol. The van der Waals surface area contributed by atoms with Gasteiger partial charge in [-0.05, 0) is 11.4 Å². The Labute approximate surface area is 90.0 Å².